The lowest BCUT2D eigenvalue weighted by atomic mass is 10.0. The number of hydrogen-bond donors (Lipinski definition) is 6. The monoisotopic (exact) mass is 1120 g/mol. The molecule has 77 heavy (non-hydrogen) atoms. The number of fused-ring (bicyclic) bond motifs is 6. The van der Waals surface area contributed by atoms with Gasteiger partial charge >= 0.3 is 17.6 Å². The highest BCUT2D eigenvalue weighted by Crippen LogP contribution is 2.29. The molecular formula is C46H65N15O14S2. The van der Waals surface area contributed by atoms with Crippen molar-refractivity contribution in [3.8, 4) is 0 Å². The van der Waals surface area contributed by atoms with Crippen molar-refractivity contribution in [3.05, 3.63) is 45.3 Å². The Labute approximate surface area is 449 Å². The van der Waals surface area contributed by atoms with Crippen LogP contribution in [0.5, 0.6) is 0 Å². The molecule has 2 bridgehead atoms. The molecule has 2 aliphatic heterocycles. The van der Waals surface area contributed by atoms with Crippen LogP contribution < -0.4 is 38.2 Å². The molecule has 5 rings (SSSR count). The third kappa shape index (κ3) is 14.5. The zero-order chi connectivity index (χ0) is 57.3. The van der Waals surface area contributed by atoms with Crippen LogP contribution >= 0.6 is 21.6 Å². The van der Waals surface area contributed by atoms with E-state index in [1.165, 1.54) is 66.2 Å². The summed E-state index contributed by atoms with van der Waals surface area (Å²) in [5.74, 6) is -10.7. The quantitative estimate of drug-likeness (QED) is 0.0936. The summed E-state index contributed by atoms with van der Waals surface area (Å²) in [6.07, 6.45) is 3.58. The zero-order valence-corrected chi connectivity index (χ0v) is 46.0. The van der Waals surface area contributed by atoms with Gasteiger partial charge in [-0.25, -0.2) is 29.3 Å². The van der Waals surface area contributed by atoms with E-state index in [0.29, 0.717) is 0 Å². The van der Waals surface area contributed by atoms with Gasteiger partial charge in [-0.05, 0) is 32.6 Å². The summed E-state index contributed by atoms with van der Waals surface area (Å²) >= 11 is 0. The normalized spacial score (nSPS) is 24.6. The molecule has 0 spiro atoms. The van der Waals surface area contributed by atoms with Crippen molar-refractivity contribution in [1.29, 1.82) is 0 Å². The summed E-state index contributed by atoms with van der Waals surface area (Å²) in [4.78, 5) is 185. The molecule has 7 N–H and O–H groups in total. The van der Waals surface area contributed by atoms with Crippen molar-refractivity contribution in [3.63, 3.8) is 0 Å². The van der Waals surface area contributed by atoms with Gasteiger partial charge in [-0.2, -0.15) is 0 Å². The van der Waals surface area contributed by atoms with E-state index in [-0.39, 0.29) is 34.1 Å². The molecule has 29 nitrogen and oxygen atoms in total. The topological polar surface area (TPSA) is 375 Å². The number of aromatic nitrogens is 6. The molecule has 5 heterocycles. The van der Waals surface area contributed by atoms with Crippen LogP contribution in [0.4, 0.5) is 5.82 Å². The average Bonchev–Trinajstić information content (AvgIpc) is 3.77. The Kier molecular flexibility index (Phi) is 20.3. The van der Waals surface area contributed by atoms with E-state index in [9.17, 15) is 57.5 Å². The standard InChI is InChI=1S/C46H65N15O14S2/c1-21(2)33-44(71)74-15-26(53-30(62)13-60-12-23(5)37(64)55-46(60)73)38(65)51-24(6)40(67)56(8)28-17-76-77-18-29(42(69)58(33)10)57(9)41(68)25(7)52-39(66)27(16-75-45(72)34(22(3)4)59(11)43(28)70)54-31(63)14-61-20-50-32-35(47)48-19-49-36(32)61/h12,19-22,24-29,33-34H,13-18H2,1-11H3,(H,51,65)(H,52,66)(H,53,62)(H,54,63)(H2,47,48,49)(H,55,64,73)/t24-,25-,26+,27+,28-,29-,33-,34-/m0/s1. The van der Waals surface area contributed by atoms with E-state index in [1.807, 2.05) is 0 Å². The predicted octanol–water partition coefficient (Wildman–Crippen LogP) is -3.64. The number of cyclic esters (lactones) is 2. The van der Waals surface area contributed by atoms with Gasteiger partial charge in [0.2, 0.25) is 47.3 Å². The van der Waals surface area contributed by atoms with Gasteiger partial charge in [-0.1, -0.05) is 49.3 Å². The summed E-state index contributed by atoms with van der Waals surface area (Å²) in [6.45, 7) is 7.63. The van der Waals surface area contributed by atoms with Crippen molar-refractivity contribution in [2.75, 3.05) is 58.6 Å². The number of nitrogens with two attached hydrogens (primary N) is 1. The van der Waals surface area contributed by atoms with Crippen LogP contribution in [0.2, 0.25) is 0 Å². The molecule has 2 saturated heterocycles. The fourth-order valence-electron chi connectivity index (χ4n) is 8.50. The van der Waals surface area contributed by atoms with E-state index in [0.717, 1.165) is 52.0 Å². The number of rotatable bonds is 8. The molecular weight excluding hydrogens is 1050 g/mol. The van der Waals surface area contributed by atoms with Crippen LogP contribution in [0, 0.1) is 18.8 Å². The van der Waals surface area contributed by atoms with Gasteiger partial charge in [0.05, 0.1) is 6.33 Å². The minimum absolute atomic E-state index is 0.0511. The van der Waals surface area contributed by atoms with Crippen LogP contribution in [0.1, 0.15) is 47.1 Å². The van der Waals surface area contributed by atoms with Gasteiger partial charge in [-0.15, -0.1) is 0 Å². The summed E-state index contributed by atoms with van der Waals surface area (Å²) in [7, 11) is 7.27. The second-order valence-corrected chi connectivity index (χ2v) is 21.8. The maximum Gasteiger partial charge on any atom is 0.329 e. The molecule has 31 heteroatoms. The average molecular weight is 1120 g/mol. The third-order valence-corrected chi connectivity index (χ3v) is 15.2. The number of carbonyl (C=O) groups is 10. The van der Waals surface area contributed by atoms with Crippen LogP contribution in [0.25, 0.3) is 11.2 Å². The van der Waals surface area contributed by atoms with E-state index in [2.05, 4.69) is 41.2 Å². The Morgan fingerprint density at radius 1 is 0.675 bits per heavy atom. The van der Waals surface area contributed by atoms with Crippen molar-refractivity contribution < 1.29 is 57.4 Å². The fraction of sp³-hybridized carbons (Fsp3) is 0.587. The highest BCUT2D eigenvalue weighted by atomic mass is 33.1. The second-order valence-electron chi connectivity index (χ2n) is 19.2. The van der Waals surface area contributed by atoms with Crippen molar-refractivity contribution in [2.24, 2.45) is 11.8 Å². The molecule has 3 aromatic rings. The predicted molar refractivity (Wildman–Crippen MR) is 278 cm³/mol. The van der Waals surface area contributed by atoms with Crippen LogP contribution in [0.3, 0.4) is 0 Å². The molecule has 2 aliphatic rings. The summed E-state index contributed by atoms with van der Waals surface area (Å²) in [5.41, 5.74) is 4.80. The first-order valence-electron chi connectivity index (χ1n) is 24.2. The van der Waals surface area contributed by atoms with Crippen LogP contribution in [-0.4, -0.2) is 209 Å². The fourth-order valence-corrected chi connectivity index (χ4v) is 11.0. The van der Waals surface area contributed by atoms with E-state index >= 15 is 0 Å². The number of esters is 2. The van der Waals surface area contributed by atoms with Gasteiger partial charge in [0.15, 0.2) is 11.5 Å². The molecule has 8 amide bonds. The number of imidazole rings is 1. The molecule has 2 fully saturated rings. The maximum atomic E-state index is 14.8. The first-order chi connectivity index (χ1) is 36.1. The lowest BCUT2D eigenvalue weighted by molar-refractivity contribution is -0.160. The Hall–Kier alpha value is -7.57. The maximum absolute atomic E-state index is 14.8. The van der Waals surface area contributed by atoms with Gasteiger partial charge in [0.25, 0.3) is 5.56 Å². The highest BCUT2D eigenvalue weighted by molar-refractivity contribution is 8.76. The number of aromatic amines is 1. The van der Waals surface area contributed by atoms with Gasteiger partial charge in [0.1, 0.15) is 86.5 Å². The number of H-pyrrole nitrogens is 1. The Bertz CT molecular complexity index is 2890. The molecule has 3 aromatic heterocycles. The molecule has 8 atom stereocenters. The van der Waals surface area contributed by atoms with Crippen LogP contribution in [-0.2, 0) is 70.5 Å². The first kappa shape index (κ1) is 60.3. The molecule has 0 aromatic carbocycles. The SMILES string of the molecule is Cc1cn(CC(=O)N[C@@H]2COC(=O)[C@H](C(C)C)N(C)C(=O)[C@@H]3CSSC[C@@H](C(=O)N(C)[C@@H](C(C)C)C(=O)OC[C@@H](NC(=O)Cn4cnc5c(N)ncnc54)C(=O)N[C@@H](C)C(=O)N3C)N(C)C(=O)[C@H](C)NC2=O)c(=O)[nH]c1=O. The minimum atomic E-state index is -1.74. The smallest absolute Gasteiger partial charge is 0.329 e. The zero-order valence-electron chi connectivity index (χ0n) is 44.4. The van der Waals surface area contributed by atoms with Gasteiger partial charge in [-0.3, -0.25) is 52.7 Å². The number of nitrogens with zero attached hydrogens (tertiary/aromatic N) is 9. The van der Waals surface area contributed by atoms with Gasteiger partial charge < -0.3 is 60.6 Å². The summed E-state index contributed by atoms with van der Waals surface area (Å²) in [6, 6.07) is -11.8. The lowest BCUT2D eigenvalue weighted by Gasteiger charge is -2.37. The Morgan fingerprint density at radius 3 is 1.56 bits per heavy atom. The number of anilines is 1. The van der Waals surface area contributed by atoms with Crippen molar-refractivity contribution >= 4 is 97.8 Å². The second kappa shape index (κ2) is 26.0. The van der Waals surface area contributed by atoms with Gasteiger partial charge in [0, 0.05) is 51.5 Å². The number of nitrogens with one attached hydrogen (secondary N) is 5. The number of nitrogen functional groups attached to an aromatic ring is 1. The Balaban J connectivity index is 1.56. The van der Waals surface area contributed by atoms with E-state index < -0.39 is 157 Å². The number of aryl methyl sites for hydroxylation is 1. The van der Waals surface area contributed by atoms with Crippen molar-refractivity contribution in [2.45, 2.75) is 110 Å². The number of likely N-dealkylation sites (N-methyl/N-ethyl adjacent to an activating group) is 4. The molecule has 0 saturated carbocycles. The summed E-state index contributed by atoms with van der Waals surface area (Å²) < 4.78 is 13.5. The summed E-state index contributed by atoms with van der Waals surface area (Å²) in [5, 5.41) is 9.95. The largest absolute Gasteiger partial charge is 0.461 e. The molecule has 0 unspecified atom stereocenters. The lowest BCUT2D eigenvalue weighted by Crippen LogP contribution is -2.60. The number of carbonyl (C=O) groups excluding carboxylic acids is 10. The Morgan fingerprint density at radius 2 is 1.12 bits per heavy atom. The molecule has 0 radical (unpaired) electrons. The number of amides is 8. The molecule has 420 valence electrons. The first-order valence-corrected chi connectivity index (χ1v) is 26.7. The highest BCUT2D eigenvalue weighted by Gasteiger charge is 2.42. The minimum Gasteiger partial charge on any atom is -0.461 e. The van der Waals surface area contributed by atoms with Crippen LogP contribution in [0.15, 0.2) is 28.4 Å². The number of ether oxygens (including phenoxy) is 2. The van der Waals surface area contributed by atoms with E-state index in [1.54, 1.807) is 27.7 Å². The third-order valence-electron chi connectivity index (χ3n) is 12.8. The molecule has 0 aliphatic carbocycles. The van der Waals surface area contributed by atoms with E-state index in [4.69, 9.17) is 15.2 Å². The van der Waals surface area contributed by atoms with Crippen molar-refractivity contribution in [1.82, 2.24) is 69.9 Å². The number of hydrogen-bond acceptors (Lipinski definition) is 20.